The van der Waals surface area contributed by atoms with E-state index in [1.807, 2.05) is 25.4 Å². The van der Waals surface area contributed by atoms with Gasteiger partial charge in [0, 0.05) is 46.7 Å². The zero-order valence-corrected chi connectivity index (χ0v) is 17.4. The van der Waals surface area contributed by atoms with Crippen LogP contribution in [0.1, 0.15) is 37.8 Å². The van der Waals surface area contributed by atoms with Crippen molar-refractivity contribution < 1.29 is 0 Å². The molecule has 2 aliphatic carbocycles. The average molecular weight is 395 g/mol. The fraction of sp³-hybridized carbons (Fsp3) is 0.346. The highest BCUT2D eigenvalue weighted by atomic mass is 15.3. The second kappa shape index (κ2) is 6.76. The highest BCUT2D eigenvalue weighted by molar-refractivity contribution is 5.87. The van der Waals surface area contributed by atoms with Crippen LogP contribution in [0.15, 0.2) is 61.1 Å². The van der Waals surface area contributed by atoms with Crippen molar-refractivity contribution in [3.63, 3.8) is 0 Å². The number of hydrogen-bond acceptors (Lipinski definition) is 3. The maximum absolute atomic E-state index is 4.91. The largest absolute Gasteiger partial charge is 0.272 e. The Hall–Kier alpha value is -3.01. The first-order valence-electron chi connectivity index (χ1n) is 11.0. The van der Waals surface area contributed by atoms with E-state index in [1.165, 1.54) is 32.1 Å². The lowest BCUT2D eigenvalue weighted by Gasteiger charge is -2.26. The van der Waals surface area contributed by atoms with Gasteiger partial charge in [-0.15, -0.1) is 0 Å². The minimum Gasteiger partial charge on any atom is -0.272 e. The Kier molecular flexibility index (Phi) is 4.02. The van der Waals surface area contributed by atoms with Crippen molar-refractivity contribution >= 4 is 10.9 Å². The van der Waals surface area contributed by atoms with Crippen molar-refractivity contribution in [2.75, 3.05) is 0 Å². The van der Waals surface area contributed by atoms with Crippen molar-refractivity contribution in [1.82, 2.24) is 19.7 Å². The quantitative estimate of drug-likeness (QED) is 0.423. The number of fused-ring (bicyclic) bond motifs is 3. The van der Waals surface area contributed by atoms with Crippen molar-refractivity contribution in [1.29, 1.82) is 0 Å². The fourth-order valence-corrected chi connectivity index (χ4v) is 5.69. The molecule has 6 rings (SSSR count). The van der Waals surface area contributed by atoms with Gasteiger partial charge in [-0.25, -0.2) is 0 Å². The fourth-order valence-electron chi connectivity index (χ4n) is 5.69. The van der Waals surface area contributed by atoms with E-state index in [9.17, 15) is 0 Å². The lowest BCUT2D eigenvalue weighted by atomic mass is 9.84. The first kappa shape index (κ1) is 17.8. The van der Waals surface area contributed by atoms with Crippen LogP contribution < -0.4 is 0 Å². The van der Waals surface area contributed by atoms with Crippen LogP contribution in [0.25, 0.3) is 33.3 Å². The molecular formula is C26H26N4. The molecule has 4 nitrogen and oxygen atoms in total. The van der Waals surface area contributed by atoms with Crippen LogP contribution in [0.4, 0.5) is 0 Å². The molecule has 2 bridgehead atoms. The molecule has 2 saturated carbocycles. The standard InChI is InChI=1S/C26H26N4/c1-18-4-7-23(25(29-18)21-6-5-20-3-2-12-27-24(20)13-21)22-15-28-30(16-22)17-26-10-8-19(14-26)9-11-26/h2-7,12-13,15-16,19H,8-11,14,17H2,1H3. The maximum Gasteiger partial charge on any atom is 0.0785 e. The van der Waals surface area contributed by atoms with E-state index in [1.54, 1.807) is 0 Å². The molecule has 4 aromatic rings. The summed E-state index contributed by atoms with van der Waals surface area (Å²) in [4.78, 5) is 9.44. The molecular weight excluding hydrogens is 368 g/mol. The minimum absolute atomic E-state index is 0.492. The Bertz CT molecular complexity index is 1230. The lowest BCUT2D eigenvalue weighted by molar-refractivity contribution is 0.237. The van der Waals surface area contributed by atoms with Crippen LogP contribution in [-0.4, -0.2) is 19.7 Å². The molecule has 0 unspecified atom stereocenters. The maximum atomic E-state index is 4.91. The van der Waals surface area contributed by atoms with Crippen molar-refractivity contribution in [3.8, 4) is 22.4 Å². The first-order chi connectivity index (χ1) is 14.7. The van der Waals surface area contributed by atoms with E-state index in [-0.39, 0.29) is 0 Å². The van der Waals surface area contributed by atoms with Crippen LogP contribution in [0, 0.1) is 18.3 Å². The minimum atomic E-state index is 0.492. The molecule has 0 N–H and O–H groups in total. The summed E-state index contributed by atoms with van der Waals surface area (Å²) in [5, 5.41) is 5.90. The monoisotopic (exact) mass is 394 g/mol. The summed E-state index contributed by atoms with van der Waals surface area (Å²) >= 11 is 0. The molecule has 0 saturated heterocycles. The number of nitrogens with zero attached hydrogens (tertiary/aromatic N) is 4. The molecule has 3 aromatic heterocycles. The zero-order valence-electron chi connectivity index (χ0n) is 17.4. The van der Waals surface area contributed by atoms with Gasteiger partial charge in [0.1, 0.15) is 0 Å². The summed E-state index contributed by atoms with van der Waals surface area (Å²) < 4.78 is 2.18. The summed E-state index contributed by atoms with van der Waals surface area (Å²) in [6, 6.07) is 14.8. The van der Waals surface area contributed by atoms with Crippen LogP contribution >= 0.6 is 0 Å². The Morgan fingerprint density at radius 2 is 1.97 bits per heavy atom. The average Bonchev–Trinajstić information content (AvgIpc) is 3.50. The van der Waals surface area contributed by atoms with Gasteiger partial charge in [-0.05, 0) is 68.6 Å². The Labute approximate surface area is 177 Å². The third kappa shape index (κ3) is 3.02. The van der Waals surface area contributed by atoms with E-state index in [4.69, 9.17) is 10.1 Å². The van der Waals surface area contributed by atoms with Gasteiger partial charge in [-0.1, -0.05) is 24.3 Å². The number of aryl methyl sites for hydroxylation is 1. The Balaban J connectivity index is 1.38. The third-order valence-corrected chi connectivity index (χ3v) is 7.24. The van der Waals surface area contributed by atoms with Crippen LogP contribution in [0.3, 0.4) is 0 Å². The van der Waals surface area contributed by atoms with Crippen molar-refractivity contribution in [2.24, 2.45) is 11.3 Å². The lowest BCUT2D eigenvalue weighted by Crippen LogP contribution is -2.21. The van der Waals surface area contributed by atoms with Gasteiger partial charge in [0.2, 0.25) is 0 Å². The van der Waals surface area contributed by atoms with Gasteiger partial charge in [-0.2, -0.15) is 5.10 Å². The molecule has 0 amide bonds. The van der Waals surface area contributed by atoms with Crippen molar-refractivity contribution in [2.45, 2.75) is 45.6 Å². The summed E-state index contributed by atoms with van der Waals surface area (Å²) in [5.74, 6) is 0.967. The van der Waals surface area contributed by atoms with Gasteiger partial charge in [0.05, 0.1) is 17.4 Å². The number of rotatable bonds is 4. The van der Waals surface area contributed by atoms with E-state index in [0.717, 1.165) is 51.4 Å². The molecule has 4 heteroatoms. The number of aromatic nitrogens is 4. The summed E-state index contributed by atoms with van der Waals surface area (Å²) in [6.45, 7) is 3.10. The number of pyridine rings is 2. The van der Waals surface area contributed by atoms with Crippen molar-refractivity contribution in [3.05, 3.63) is 66.7 Å². The van der Waals surface area contributed by atoms with Gasteiger partial charge < -0.3 is 0 Å². The highest BCUT2D eigenvalue weighted by Crippen LogP contribution is 2.54. The van der Waals surface area contributed by atoms with E-state index in [2.05, 4.69) is 52.3 Å². The Morgan fingerprint density at radius 3 is 2.80 bits per heavy atom. The zero-order chi connectivity index (χ0) is 20.1. The van der Waals surface area contributed by atoms with Crippen LogP contribution in [0.5, 0.6) is 0 Å². The van der Waals surface area contributed by atoms with E-state index in [0.29, 0.717) is 5.41 Å². The van der Waals surface area contributed by atoms with E-state index >= 15 is 0 Å². The number of hydrogen-bond donors (Lipinski definition) is 0. The molecule has 0 atom stereocenters. The second-order valence-electron chi connectivity index (χ2n) is 9.33. The van der Waals surface area contributed by atoms with Gasteiger partial charge in [0.25, 0.3) is 0 Å². The molecule has 0 radical (unpaired) electrons. The van der Waals surface area contributed by atoms with Gasteiger partial charge in [0.15, 0.2) is 0 Å². The number of benzene rings is 1. The predicted octanol–water partition coefficient (Wildman–Crippen LogP) is 6.05. The SMILES string of the molecule is Cc1ccc(-c2cnn(CC34CCC(CC3)C4)c2)c(-c2ccc3cccnc3c2)n1. The molecule has 2 aliphatic rings. The molecule has 150 valence electrons. The third-order valence-electron chi connectivity index (χ3n) is 7.24. The first-order valence-corrected chi connectivity index (χ1v) is 11.0. The predicted molar refractivity (Wildman–Crippen MR) is 120 cm³/mol. The van der Waals surface area contributed by atoms with Crippen LogP contribution in [0.2, 0.25) is 0 Å². The normalized spacial score (nSPS) is 22.8. The summed E-state index contributed by atoms with van der Waals surface area (Å²) in [7, 11) is 0. The molecule has 3 heterocycles. The molecule has 2 fully saturated rings. The molecule has 1 aromatic carbocycles. The smallest absolute Gasteiger partial charge is 0.0785 e. The summed E-state index contributed by atoms with van der Waals surface area (Å²) in [6.07, 6.45) is 13.0. The molecule has 0 spiro atoms. The second-order valence-corrected chi connectivity index (χ2v) is 9.33. The van der Waals surface area contributed by atoms with Gasteiger partial charge >= 0.3 is 0 Å². The summed E-state index contributed by atoms with van der Waals surface area (Å²) in [5.41, 5.74) is 6.88. The topological polar surface area (TPSA) is 43.6 Å². The molecule has 0 aliphatic heterocycles. The van der Waals surface area contributed by atoms with Crippen LogP contribution in [-0.2, 0) is 6.54 Å². The van der Waals surface area contributed by atoms with Gasteiger partial charge in [-0.3, -0.25) is 14.6 Å². The Morgan fingerprint density at radius 1 is 1.07 bits per heavy atom. The molecule has 30 heavy (non-hydrogen) atoms. The highest BCUT2D eigenvalue weighted by Gasteiger charge is 2.44. The van der Waals surface area contributed by atoms with E-state index < -0.39 is 0 Å².